The molecule has 6 heterocycles. The fraction of sp³-hybridized carbons (Fsp3) is 0.312. The molecule has 10 nitrogen and oxygen atoms in total. The van der Waals surface area contributed by atoms with Crippen LogP contribution in [0.2, 0.25) is 0 Å². The summed E-state index contributed by atoms with van der Waals surface area (Å²) in [6, 6.07) is 113. The van der Waals surface area contributed by atoms with Crippen molar-refractivity contribution < 1.29 is 60.7 Å². The van der Waals surface area contributed by atoms with Crippen LogP contribution in [0.5, 0.6) is 23.0 Å². The minimum atomic E-state index is -0.383. The molecule has 140 heavy (non-hydrogen) atoms. The van der Waals surface area contributed by atoms with E-state index in [2.05, 4.69) is 538 Å². The molecule has 0 aliphatic heterocycles. The minimum Gasteiger partial charge on any atom is -0.510 e. The number of nitrogens with zero attached hydrogens (tertiary/aromatic N) is 8. The molecule has 724 valence electrons. The van der Waals surface area contributed by atoms with E-state index in [9.17, 15) is 0 Å². The van der Waals surface area contributed by atoms with Gasteiger partial charge in [-0.15, -0.1) is 70.4 Å². The molecule has 0 N–H and O–H groups in total. The van der Waals surface area contributed by atoms with E-state index in [-0.39, 0.29) is 102 Å². The Morgan fingerprint density at radius 2 is 0.564 bits per heavy atom. The Labute approximate surface area is 861 Å². The molecule has 6 aromatic heterocycles. The van der Waals surface area contributed by atoms with E-state index in [1.54, 1.807) is 0 Å². The zero-order chi connectivity index (χ0) is 98.7. The van der Waals surface area contributed by atoms with E-state index in [1.807, 2.05) is 24.5 Å². The smallest absolute Gasteiger partial charge is 0.267 e. The second kappa shape index (κ2) is 38.1. The fourth-order valence-corrected chi connectivity index (χ4v) is 18.9. The van der Waals surface area contributed by atoms with Gasteiger partial charge in [-0.3, -0.25) is 9.13 Å². The van der Waals surface area contributed by atoms with Gasteiger partial charge in [-0.1, -0.05) is 376 Å². The summed E-state index contributed by atoms with van der Waals surface area (Å²) in [4.78, 5) is 10.0. The van der Waals surface area contributed by atoms with Crippen LogP contribution in [0, 0.1) is 36.9 Å². The van der Waals surface area contributed by atoms with E-state index in [4.69, 9.17) is 19.4 Å². The van der Waals surface area contributed by atoms with Crippen molar-refractivity contribution >= 4 is 43.6 Å². The van der Waals surface area contributed by atoms with Gasteiger partial charge in [0.05, 0.1) is 22.8 Å². The van der Waals surface area contributed by atoms with Crippen molar-refractivity contribution in [2.24, 2.45) is 0 Å². The number of hydrogen-bond acceptors (Lipinski definition) is 4. The molecule has 0 aliphatic rings. The standard InChI is InChI=1S/C66H72N4O.C62H64N4O.2Pt/c1-61(2,3)46-31-32-67-60(39-46)70-57-30-27-47(65(13,14)44-23-19-17-20-24-44)38-56(57)55-29-28-53(41-58(55)70)71-54-37-50(66(15,16)45-25-21-18-22-26-45)36-52(40-54)69-43-68(42-59(69)64(10,11)12)51-34-48(62(4,5)6)33-49(35-51)63(7,8)9;1-58(2,3)44-25-20-26-48(33-44)64-40-56(60(7,8)9)65(41-64)49-34-47(62(12,13)43-23-18-15-19-24-43)35-51(38-49)67-50-28-29-52-53-36-46(61(10,11)42-21-16-14-17-22-42)27-30-54(53)66(55(52)39-50)57-37-45(31-32-63-57)59(4,5)6;;/h17-39,42H,1-16H3;14-37,40H,1-13H3;;/q2*-2;;. The zero-order valence-corrected chi connectivity index (χ0v) is 91.9. The van der Waals surface area contributed by atoms with Crippen molar-refractivity contribution in [1.82, 2.24) is 28.2 Å². The number of hydrogen-bond donors (Lipinski definition) is 0. The van der Waals surface area contributed by atoms with E-state index in [0.717, 1.165) is 101 Å². The van der Waals surface area contributed by atoms with Gasteiger partial charge in [0.2, 0.25) is 0 Å². The summed E-state index contributed by atoms with van der Waals surface area (Å²) in [6.45, 7) is 65.8. The Morgan fingerprint density at radius 1 is 0.243 bits per heavy atom. The number of rotatable bonds is 18. The first-order valence-electron chi connectivity index (χ1n) is 48.9. The first kappa shape index (κ1) is 102. The summed E-state index contributed by atoms with van der Waals surface area (Å²) >= 11 is 0. The van der Waals surface area contributed by atoms with Crippen LogP contribution in [-0.2, 0) is 102 Å². The number of benzene rings is 12. The van der Waals surface area contributed by atoms with E-state index in [1.165, 1.54) is 61.2 Å². The molecule has 12 aromatic carbocycles. The van der Waals surface area contributed by atoms with E-state index < -0.39 is 0 Å². The van der Waals surface area contributed by atoms with Gasteiger partial charge in [0, 0.05) is 112 Å². The molecule has 0 spiro atoms. The number of aromatic nitrogens is 8. The maximum Gasteiger partial charge on any atom is 0.267 e. The summed E-state index contributed by atoms with van der Waals surface area (Å²) in [5.41, 5.74) is 24.0. The molecule has 0 saturated carbocycles. The van der Waals surface area contributed by atoms with Crippen LogP contribution in [0.3, 0.4) is 0 Å². The molecule has 0 radical (unpaired) electrons. The minimum absolute atomic E-state index is 0. The van der Waals surface area contributed by atoms with Gasteiger partial charge in [-0.2, -0.15) is 24.3 Å². The molecular formula is C128H136N8O2Pt2-4. The molecule has 0 atom stereocenters. The summed E-state index contributed by atoms with van der Waals surface area (Å²) in [5, 5.41) is 4.44. The van der Waals surface area contributed by atoms with Crippen LogP contribution in [0.25, 0.3) is 78.0 Å². The van der Waals surface area contributed by atoms with Crippen LogP contribution < -0.4 is 18.6 Å². The normalized spacial score (nSPS) is 12.8. The quantitative estimate of drug-likeness (QED) is 0.0634. The molecule has 18 rings (SSSR count). The van der Waals surface area contributed by atoms with E-state index in [0.29, 0.717) is 23.0 Å². The Bertz CT molecular complexity index is 7550. The SMILES string of the molecule is CC(C)(C)c1cc(-[n+]2[c-]n(-c3[c-]c(Oc4[c-]c5c(cc4)c4cc(C(C)(C)c6ccccc6)ccc4n5-c4cc(C(C)(C)C)ccn4)cc(C(C)(C)c4ccccc4)c3)c(C(C)(C)C)c2)cc(C(C)(C)C)c1.CC(C)(C)c1cccc(-[n+]2[c-]n(-c3[c-]c(Oc4[c-]c5c(cc4)c4cc(C(C)(C)c6ccccc6)ccc4n5-c4cc(C(C)(C)C)ccn4)cc(C(C)(C)c4ccccc4)c3)c(C(C)(C)C)c2)c1.[Pt].[Pt]. The largest absolute Gasteiger partial charge is 0.510 e. The average Bonchev–Trinajstić information content (AvgIpc) is 1.58. The maximum absolute atomic E-state index is 7.07. The van der Waals surface area contributed by atoms with Gasteiger partial charge in [0.25, 0.3) is 12.7 Å². The number of fused-ring (bicyclic) bond motifs is 6. The van der Waals surface area contributed by atoms with Crippen molar-refractivity contribution in [2.75, 3.05) is 0 Å². The molecule has 0 amide bonds. The zero-order valence-electron chi connectivity index (χ0n) is 87.3. The van der Waals surface area contributed by atoms with Crippen molar-refractivity contribution in [3.63, 3.8) is 0 Å². The molecule has 18 aromatic rings. The molecule has 12 heteroatoms. The first-order chi connectivity index (χ1) is 64.8. The molecular weight excluding hydrogens is 2070 g/mol. The van der Waals surface area contributed by atoms with Crippen molar-refractivity contribution in [3.05, 3.63) is 418 Å². The summed E-state index contributed by atoms with van der Waals surface area (Å²) in [5.74, 6) is 4.06. The second-order valence-corrected chi connectivity index (χ2v) is 47.2. The number of imidazole rings is 2. The Morgan fingerprint density at radius 3 is 0.907 bits per heavy atom. The number of ether oxygens (including phenoxy) is 2. The van der Waals surface area contributed by atoms with Gasteiger partial charge in [0.15, 0.2) is 0 Å². The van der Waals surface area contributed by atoms with Crippen LogP contribution >= 0.6 is 0 Å². The van der Waals surface area contributed by atoms with Crippen LogP contribution in [-0.4, -0.2) is 28.2 Å². The van der Waals surface area contributed by atoms with Gasteiger partial charge < -0.3 is 27.7 Å². The fourth-order valence-electron chi connectivity index (χ4n) is 18.9. The summed E-state index contributed by atoms with van der Waals surface area (Å²) in [7, 11) is 0. The summed E-state index contributed by atoms with van der Waals surface area (Å²) < 4.78 is 27.2. The molecule has 0 saturated heterocycles. The predicted octanol–water partition coefficient (Wildman–Crippen LogP) is 31.3. The molecule has 0 aliphatic carbocycles. The van der Waals surface area contributed by atoms with Crippen molar-refractivity contribution in [1.29, 1.82) is 0 Å². The third-order valence-electron chi connectivity index (χ3n) is 28.3. The Hall–Kier alpha value is -12.1. The maximum atomic E-state index is 7.07. The van der Waals surface area contributed by atoms with Crippen molar-refractivity contribution in [2.45, 2.75) is 260 Å². The molecule has 0 fully saturated rings. The third-order valence-corrected chi connectivity index (χ3v) is 28.3. The third kappa shape index (κ3) is 20.7. The van der Waals surface area contributed by atoms with Crippen LogP contribution in [0.15, 0.2) is 298 Å². The molecule has 0 bridgehead atoms. The Kier molecular flexibility index (Phi) is 27.8. The van der Waals surface area contributed by atoms with Gasteiger partial charge >= 0.3 is 0 Å². The monoisotopic (exact) mass is 2210 g/mol. The topological polar surface area (TPSA) is 71.7 Å². The second-order valence-electron chi connectivity index (χ2n) is 47.2. The van der Waals surface area contributed by atoms with Gasteiger partial charge in [-0.05, 0) is 193 Å². The molecule has 0 unspecified atom stereocenters. The van der Waals surface area contributed by atoms with Crippen LogP contribution in [0.1, 0.15) is 285 Å². The predicted molar refractivity (Wildman–Crippen MR) is 570 cm³/mol. The van der Waals surface area contributed by atoms with Crippen molar-refractivity contribution in [3.8, 4) is 57.4 Å². The van der Waals surface area contributed by atoms with Crippen LogP contribution in [0.4, 0.5) is 0 Å². The van der Waals surface area contributed by atoms with Gasteiger partial charge in [0.1, 0.15) is 11.6 Å². The Balaban J connectivity index is 0.000000209. The first-order valence-corrected chi connectivity index (χ1v) is 48.9. The van der Waals surface area contributed by atoms with Gasteiger partial charge in [-0.25, -0.2) is 9.97 Å². The summed E-state index contributed by atoms with van der Waals surface area (Å²) in [6.07, 6.45) is 15.9. The van der Waals surface area contributed by atoms with E-state index >= 15 is 0 Å². The number of pyridine rings is 2. The average molecular weight is 2210 g/mol.